The topological polar surface area (TPSA) is 57.8 Å². The minimum Gasteiger partial charge on any atom is -0.370 e. The average molecular weight is 492 g/mol. The van der Waals surface area contributed by atoms with Crippen molar-refractivity contribution in [2.45, 2.75) is 20.4 Å². The second-order valence-electron chi connectivity index (χ2n) is 5.86. The quantitative estimate of drug-likeness (QED) is 0.404. The number of hydrogen-bond donors (Lipinski definition) is 1. The average Bonchev–Trinajstić information content (AvgIpc) is 2.91. The molecule has 8 heteroatoms. The van der Waals surface area contributed by atoms with Crippen molar-refractivity contribution in [2.75, 3.05) is 31.1 Å². The lowest BCUT2D eigenvalue weighted by molar-refractivity contribution is 0.380. The summed E-state index contributed by atoms with van der Waals surface area (Å²) in [5.41, 5.74) is 8.40. The molecular formula is C17H23ClIN5S. The van der Waals surface area contributed by atoms with E-state index in [-0.39, 0.29) is 24.0 Å². The Balaban J connectivity index is 0.00000225. The Morgan fingerprint density at radius 3 is 2.40 bits per heavy atom. The predicted octanol–water partition coefficient (Wildman–Crippen LogP) is 3.67. The molecular weight excluding hydrogens is 469 g/mol. The van der Waals surface area contributed by atoms with Gasteiger partial charge in [-0.25, -0.2) is 9.98 Å². The van der Waals surface area contributed by atoms with Crippen LogP contribution in [0.1, 0.15) is 15.6 Å². The van der Waals surface area contributed by atoms with Crippen LogP contribution in [0.25, 0.3) is 0 Å². The number of nitrogens with zero attached hydrogens (tertiary/aromatic N) is 4. The summed E-state index contributed by atoms with van der Waals surface area (Å²) >= 11 is 7.65. The fourth-order valence-electron chi connectivity index (χ4n) is 2.82. The molecule has 3 rings (SSSR count). The normalized spacial score (nSPS) is 15.2. The maximum Gasteiger partial charge on any atom is 0.191 e. The van der Waals surface area contributed by atoms with Crippen molar-refractivity contribution in [2.24, 2.45) is 10.7 Å². The highest BCUT2D eigenvalue weighted by molar-refractivity contribution is 14.0. The number of thiazole rings is 1. The van der Waals surface area contributed by atoms with Gasteiger partial charge in [0.25, 0.3) is 0 Å². The van der Waals surface area contributed by atoms with Crippen LogP contribution in [-0.2, 0) is 6.54 Å². The van der Waals surface area contributed by atoms with Gasteiger partial charge in [-0.15, -0.1) is 35.3 Å². The SMILES string of the molecule is Cc1nc(CN=C(N)N2CCN(c3ccc(Cl)cc3)CC2)c(C)s1.I. The van der Waals surface area contributed by atoms with Crippen molar-refractivity contribution in [3.05, 3.63) is 44.9 Å². The molecule has 0 amide bonds. The first-order valence-electron chi connectivity index (χ1n) is 8.01. The van der Waals surface area contributed by atoms with E-state index in [1.807, 2.05) is 19.1 Å². The lowest BCUT2D eigenvalue weighted by atomic mass is 10.2. The monoisotopic (exact) mass is 491 g/mol. The number of nitrogens with two attached hydrogens (primary N) is 1. The van der Waals surface area contributed by atoms with Gasteiger partial charge in [-0.2, -0.15) is 0 Å². The number of benzene rings is 1. The minimum absolute atomic E-state index is 0. The van der Waals surface area contributed by atoms with E-state index in [9.17, 15) is 0 Å². The van der Waals surface area contributed by atoms with E-state index in [0.29, 0.717) is 12.5 Å². The van der Waals surface area contributed by atoms with Crippen LogP contribution in [0.15, 0.2) is 29.3 Å². The van der Waals surface area contributed by atoms with E-state index in [4.69, 9.17) is 17.3 Å². The van der Waals surface area contributed by atoms with E-state index in [0.717, 1.165) is 41.9 Å². The summed E-state index contributed by atoms with van der Waals surface area (Å²) in [6, 6.07) is 7.97. The Morgan fingerprint density at radius 2 is 1.84 bits per heavy atom. The fraction of sp³-hybridized carbons (Fsp3) is 0.412. The second-order valence-corrected chi connectivity index (χ2v) is 7.70. The summed E-state index contributed by atoms with van der Waals surface area (Å²) < 4.78 is 0. The number of halogens is 2. The van der Waals surface area contributed by atoms with Crippen LogP contribution >= 0.6 is 46.9 Å². The minimum atomic E-state index is 0. The molecule has 1 aliphatic heterocycles. The van der Waals surface area contributed by atoms with Crippen molar-refractivity contribution >= 4 is 58.6 Å². The van der Waals surface area contributed by atoms with Gasteiger partial charge in [0.1, 0.15) is 0 Å². The van der Waals surface area contributed by atoms with Crippen LogP contribution in [-0.4, -0.2) is 42.0 Å². The van der Waals surface area contributed by atoms with Crippen molar-refractivity contribution in [1.29, 1.82) is 0 Å². The predicted molar refractivity (Wildman–Crippen MR) is 118 cm³/mol. The molecule has 0 spiro atoms. The Hall–Kier alpha value is -1.06. The van der Waals surface area contributed by atoms with Crippen molar-refractivity contribution in [1.82, 2.24) is 9.88 Å². The Labute approximate surface area is 174 Å². The van der Waals surface area contributed by atoms with Crippen molar-refractivity contribution in [3.63, 3.8) is 0 Å². The van der Waals surface area contributed by atoms with E-state index < -0.39 is 0 Å². The summed E-state index contributed by atoms with van der Waals surface area (Å²) in [5.74, 6) is 0.607. The maximum absolute atomic E-state index is 6.17. The molecule has 1 aromatic carbocycles. The van der Waals surface area contributed by atoms with Crippen molar-refractivity contribution in [3.8, 4) is 0 Å². The lowest BCUT2D eigenvalue weighted by Gasteiger charge is -2.36. The van der Waals surface area contributed by atoms with Gasteiger partial charge in [-0.1, -0.05) is 11.6 Å². The third-order valence-electron chi connectivity index (χ3n) is 4.19. The zero-order valence-corrected chi connectivity index (χ0v) is 18.3. The number of aromatic nitrogens is 1. The summed E-state index contributed by atoms with van der Waals surface area (Å²) in [4.78, 5) is 14.7. The molecule has 2 aromatic rings. The molecule has 2 heterocycles. The molecule has 0 unspecified atom stereocenters. The van der Waals surface area contributed by atoms with Gasteiger partial charge in [0.2, 0.25) is 0 Å². The number of anilines is 1. The number of rotatable bonds is 3. The fourth-order valence-corrected chi connectivity index (χ4v) is 3.77. The van der Waals surface area contributed by atoms with Crippen LogP contribution in [0.5, 0.6) is 0 Å². The number of aryl methyl sites for hydroxylation is 2. The summed E-state index contributed by atoms with van der Waals surface area (Å²) in [6.07, 6.45) is 0. The first kappa shape index (κ1) is 20.3. The molecule has 0 bridgehead atoms. The first-order chi connectivity index (χ1) is 11.5. The third kappa shape index (κ3) is 5.21. The standard InChI is InChI=1S/C17H22ClN5S.HI/c1-12-16(21-13(2)24-12)11-20-17(19)23-9-7-22(8-10-23)15-5-3-14(18)4-6-15;/h3-6H,7-11H2,1-2H3,(H2,19,20);1H. The summed E-state index contributed by atoms with van der Waals surface area (Å²) in [5, 5.41) is 1.84. The number of hydrogen-bond acceptors (Lipinski definition) is 4. The van der Waals surface area contributed by atoms with Crippen molar-refractivity contribution < 1.29 is 0 Å². The molecule has 1 saturated heterocycles. The Bertz CT molecular complexity index is 723. The molecule has 2 N–H and O–H groups in total. The summed E-state index contributed by atoms with van der Waals surface area (Å²) in [6.45, 7) is 8.24. The van der Waals surface area contributed by atoms with Crippen LogP contribution in [0.2, 0.25) is 5.02 Å². The van der Waals surface area contributed by atoms with Crippen LogP contribution in [0.4, 0.5) is 5.69 Å². The molecule has 25 heavy (non-hydrogen) atoms. The molecule has 5 nitrogen and oxygen atoms in total. The molecule has 1 fully saturated rings. The molecule has 1 aliphatic rings. The van der Waals surface area contributed by atoms with Gasteiger partial charge in [-0.3, -0.25) is 0 Å². The molecule has 1 aromatic heterocycles. The van der Waals surface area contributed by atoms with E-state index in [1.165, 1.54) is 10.6 Å². The van der Waals surface area contributed by atoms with Gasteiger partial charge in [0.15, 0.2) is 5.96 Å². The second kappa shape index (κ2) is 9.05. The van der Waals surface area contributed by atoms with Crippen LogP contribution in [0.3, 0.4) is 0 Å². The molecule has 0 radical (unpaired) electrons. The molecule has 0 atom stereocenters. The first-order valence-corrected chi connectivity index (χ1v) is 9.20. The van der Waals surface area contributed by atoms with E-state index in [2.05, 4.69) is 38.8 Å². The number of guanidine groups is 1. The highest BCUT2D eigenvalue weighted by atomic mass is 127. The van der Waals surface area contributed by atoms with Gasteiger partial charge in [0, 0.05) is 41.8 Å². The maximum atomic E-state index is 6.17. The Morgan fingerprint density at radius 1 is 1.20 bits per heavy atom. The summed E-state index contributed by atoms with van der Waals surface area (Å²) in [7, 11) is 0. The van der Waals surface area contributed by atoms with Gasteiger partial charge < -0.3 is 15.5 Å². The zero-order chi connectivity index (χ0) is 17.1. The Kier molecular flexibility index (Phi) is 7.33. The van der Waals surface area contributed by atoms with Crippen LogP contribution < -0.4 is 10.6 Å². The molecule has 0 saturated carbocycles. The largest absolute Gasteiger partial charge is 0.370 e. The van der Waals surface area contributed by atoms with E-state index in [1.54, 1.807) is 11.3 Å². The lowest BCUT2D eigenvalue weighted by Crippen LogP contribution is -2.51. The molecule has 0 aliphatic carbocycles. The van der Waals surface area contributed by atoms with E-state index >= 15 is 0 Å². The highest BCUT2D eigenvalue weighted by Crippen LogP contribution is 2.20. The van der Waals surface area contributed by atoms with Gasteiger partial charge >= 0.3 is 0 Å². The smallest absolute Gasteiger partial charge is 0.191 e. The third-order valence-corrected chi connectivity index (χ3v) is 5.37. The van der Waals surface area contributed by atoms with Crippen LogP contribution in [0, 0.1) is 13.8 Å². The zero-order valence-electron chi connectivity index (χ0n) is 14.4. The number of aliphatic imine (C=N–C) groups is 1. The van der Waals surface area contributed by atoms with Gasteiger partial charge in [0.05, 0.1) is 17.2 Å². The number of piperazine rings is 1. The van der Waals surface area contributed by atoms with Gasteiger partial charge in [-0.05, 0) is 38.1 Å². The molecule has 136 valence electrons. The highest BCUT2D eigenvalue weighted by Gasteiger charge is 2.18.